The number of ether oxygens (including phenoxy) is 1. The second kappa shape index (κ2) is 7.31. The number of hydrogen-bond donors (Lipinski definition) is 1. The number of hydrogen-bond acceptors (Lipinski definition) is 2. The Morgan fingerprint density at radius 3 is 2.52 bits per heavy atom. The highest BCUT2D eigenvalue weighted by Gasteiger charge is 2.17. The molecule has 1 aromatic carbocycles. The van der Waals surface area contributed by atoms with Gasteiger partial charge in [-0.05, 0) is 54.7 Å². The second-order valence-corrected chi connectivity index (χ2v) is 7.54. The van der Waals surface area contributed by atoms with Gasteiger partial charge < -0.3 is 10.1 Å². The summed E-state index contributed by atoms with van der Waals surface area (Å²) < 4.78 is 5.89. The molecule has 2 nitrogen and oxygen atoms in total. The Hall–Kier alpha value is -1.02. The van der Waals surface area contributed by atoms with E-state index in [1.165, 1.54) is 31.2 Å². The molecule has 0 radical (unpaired) electrons. The van der Waals surface area contributed by atoms with Crippen LogP contribution in [0.1, 0.15) is 58.9 Å². The maximum Gasteiger partial charge on any atom is 0.119 e. The van der Waals surface area contributed by atoms with Crippen molar-refractivity contribution in [2.75, 3.05) is 13.2 Å². The normalized spacial score (nSPS) is 23.0. The van der Waals surface area contributed by atoms with Crippen molar-refractivity contribution in [2.24, 2.45) is 5.92 Å². The molecule has 21 heavy (non-hydrogen) atoms. The molecule has 0 aliphatic heterocycles. The smallest absolute Gasteiger partial charge is 0.119 e. The molecule has 118 valence electrons. The Labute approximate surface area is 130 Å². The minimum absolute atomic E-state index is 0.177. The minimum atomic E-state index is 0.177. The van der Waals surface area contributed by atoms with E-state index >= 15 is 0 Å². The van der Waals surface area contributed by atoms with Gasteiger partial charge in [0.25, 0.3) is 0 Å². The summed E-state index contributed by atoms with van der Waals surface area (Å²) in [6, 6.07) is 9.19. The third-order valence-electron chi connectivity index (χ3n) is 4.52. The molecule has 2 heteroatoms. The van der Waals surface area contributed by atoms with Crippen molar-refractivity contribution in [2.45, 2.75) is 64.8 Å². The van der Waals surface area contributed by atoms with Crippen molar-refractivity contribution >= 4 is 0 Å². The summed E-state index contributed by atoms with van der Waals surface area (Å²) in [6.07, 6.45) is 5.37. The zero-order valence-corrected chi connectivity index (χ0v) is 14.1. The zero-order chi connectivity index (χ0) is 15.3. The van der Waals surface area contributed by atoms with Crippen molar-refractivity contribution in [3.8, 4) is 5.75 Å². The van der Waals surface area contributed by atoms with Gasteiger partial charge in [-0.2, -0.15) is 0 Å². The van der Waals surface area contributed by atoms with E-state index < -0.39 is 0 Å². The molecule has 2 rings (SSSR count). The SMILES string of the molecule is CC1CCC(NCCOc2cccc(C(C)(C)C)c2)CC1. The fourth-order valence-electron chi connectivity index (χ4n) is 2.95. The van der Waals surface area contributed by atoms with E-state index in [1.54, 1.807) is 0 Å². The molecular weight excluding hydrogens is 258 g/mol. The van der Waals surface area contributed by atoms with E-state index in [2.05, 4.69) is 57.3 Å². The largest absolute Gasteiger partial charge is 0.492 e. The summed E-state index contributed by atoms with van der Waals surface area (Å²) in [7, 11) is 0. The first-order valence-corrected chi connectivity index (χ1v) is 8.42. The molecule has 1 aliphatic rings. The molecule has 0 spiro atoms. The van der Waals surface area contributed by atoms with Crippen LogP contribution in [-0.2, 0) is 5.41 Å². The summed E-state index contributed by atoms with van der Waals surface area (Å²) in [6.45, 7) is 10.8. The molecule has 0 aromatic heterocycles. The average Bonchev–Trinajstić information content (AvgIpc) is 2.45. The Bertz CT molecular complexity index is 427. The van der Waals surface area contributed by atoms with Crippen molar-refractivity contribution < 1.29 is 4.74 Å². The van der Waals surface area contributed by atoms with Crippen molar-refractivity contribution in [3.05, 3.63) is 29.8 Å². The molecule has 1 saturated carbocycles. The van der Waals surface area contributed by atoms with Gasteiger partial charge >= 0.3 is 0 Å². The Morgan fingerprint density at radius 2 is 1.86 bits per heavy atom. The Morgan fingerprint density at radius 1 is 1.14 bits per heavy atom. The van der Waals surface area contributed by atoms with Crippen LogP contribution in [0.15, 0.2) is 24.3 Å². The maximum atomic E-state index is 5.89. The first-order valence-electron chi connectivity index (χ1n) is 8.42. The predicted molar refractivity (Wildman–Crippen MR) is 90.1 cm³/mol. The lowest BCUT2D eigenvalue weighted by atomic mass is 9.87. The molecule has 1 aromatic rings. The van der Waals surface area contributed by atoms with E-state index in [4.69, 9.17) is 4.74 Å². The molecule has 0 bridgehead atoms. The molecule has 1 N–H and O–H groups in total. The fourth-order valence-corrected chi connectivity index (χ4v) is 2.95. The summed E-state index contributed by atoms with van der Waals surface area (Å²) in [5.41, 5.74) is 1.50. The van der Waals surface area contributed by atoms with Crippen molar-refractivity contribution in [1.29, 1.82) is 0 Å². The van der Waals surface area contributed by atoms with Gasteiger partial charge in [0.05, 0.1) is 0 Å². The van der Waals surface area contributed by atoms with Crippen LogP contribution in [0.4, 0.5) is 0 Å². The highest BCUT2D eigenvalue weighted by atomic mass is 16.5. The Kier molecular flexibility index (Phi) is 5.69. The monoisotopic (exact) mass is 289 g/mol. The quantitative estimate of drug-likeness (QED) is 0.804. The highest BCUT2D eigenvalue weighted by molar-refractivity contribution is 5.32. The lowest BCUT2D eigenvalue weighted by molar-refractivity contribution is 0.270. The van der Waals surface area contributed by atoms with E-state index in [1.807, 2.05) is 0 Å². The summed E-state index contributed by atoms with van der Waals surface area (Å²) in [4.78, 5) is 0. The van der Waals surface area contributed by atoms with E-state index in [-0.39, 0.29) is 5.41 Å². The first kappa shape index (κ1) is 16.4. The lowest BCUT2D eigenvalue weighted by Gasteiger charge is -2.27. The van der Waals surface area contributed by atoms with Crippen LogP contribution >= 0.6 is 0 Å². The van der Waals surface area contributed by atoms with E-state index in [0.717, 1.165) is 24.8 Å². The van der Waals surface area contributed by atoms with Gasteiger partial charge in [0, 0.05) is 12.6 Å². The molecule has 1 aliphatic carbocycles. The standard InChI is InChI=1S/C19H31NO/c1-15-8-10-17(11-9-15)20-12-13-21-18-7-5-6-16(14-18)19(2,3)4/h5-7,14-15,17,20H,8-13H2,1-4H3. The minimum Gasteiger partial charge on any atom is -0.492 e. The van der Waals surface area contributed by atoms with Crippen molar-refractivity contribution in [3.63, 3.8) is 0 Å². The molecule has 0 atom stereocenters. The van der Waals surface area contributed by atoms with Crippen molar-refractivity contribution in [1.82, 2.24) is 5.32 Å². The van der Waals surface area contributed by atoms with Gasteiger partial charge in [0.1, 0.15) is 12.4 Å². The van der Waals surface area contributed by atoms with E-state index in [0.29, 0.717) is 6.04 Å². The van der Waals surface area contributed by atoms with Gasteiger partial charge in [-0.3, -0.25) is 0 Å². The summed E-state index contributed by atoms with van der Waals surface area (Å²) in [5, 5.41) is 3.63. The maximum absolute atomic E-state index is 5.89. The molecule has 1 fully saturated rings. The Balaban J connectivity index is 1.71. The van der Waals surface area contributed by atoms with Crippen LogP contribution < -0.4 is 10.1 Å². The van der Waals surface area contributed by atoms with Gasteiger partial charge in [-0.15, -0.1) is 0 Å². The van der Waals surface area contributed by atoms with Crippen LogP contribution in [0.3, 0.4) is 0 Å². The van der Waals surface area contributed by atoms with Crippen LogP contribution in [-0.4, -0.2) is 19.2 Å². The van der Waals surface area contributed by atoms with E-state index in [9.17, 15) is 0 Å². The first-order chi connectivity index (χ1) is 9.95. The molecular formula is C19H31NO. The van der Waals surface area contributed by atoms with Crippen LogP contribution in [0.2, 0.25) is 0 Å². The van der Waals surface area contributed by atoms with Crippen LogP contribution in [0.5, 0.6) is 5.75 Å². The predicted octanol–water partition coefficient (Wildman–Crippen LogP) is 4.53. The molecule has 0 amide bonds. The van der Waals surface area contributed by atoms with Crippen LogP contribution in [0, 0.1) is 5.92 Å². The molecule has 0 unspecified atom stereocenters. The molecule has 0 heterocycles. The number of benzene rings is 1. The second-order valence-electron chi connectivity index (χ2n) is 7.54. The van der Waals surface area contributed by atoms with Crippen LogP contribution in [0.25, 0.3) is 0 Å². The summed E-state index contributed by atoms with van der Waals surface area (Å²) in [5.74, 6) is 1.90. The summed E-state index contributed by atoms with van der Waals surface area (Å²) >= 11 is 0. The topological polar surface area (TPSA) is 21.3 Å². The number of nitrogens with one attached hydrogen (secondary N) is 1. The zero-order valence-electron chi connectivity index (χ0n) is 14.1. The average molecular weight is 289 g/mol. The van der Waals surface area contributed by atoms with Gasteiger partial charge in [0.2, 0.25) is 0 Å². The lowest BCUT2D eigenvalue weighted by Crippen LogP contribution is -2.35. The third-order valence-corrected chi connectivity index (χ3v) is 4.52. The van der Waals surface area contributed by atoms with Gasteiger partial charge in [0.15, 0.2) is 0 Å². The van der Waals surface area contributed by atoms with Gasteiger partial charge in [-0.1, -0.05) is 39.8 Å². The molecule has 0 saturated heterocycles. The van der Waals surface area contributed by atoms with Gasteiger partial charge in [-0.25, -0.2) is 0 Å². The third kappa shape index (κ3) is 5.35. The highest BCUT2D eigenvalue weighted by Crippen LogP contribution is 2.25. The number of rotatable bonds is 5. The fraction of sp³-hybridized carbons (Fsp3) is 0.684.